The molecule has 1 aromatic heterocycles. The van der Waals surface area contributed by atoms with Gasteiger partial charge in [0, 0.05) is 11.9 Å². The SMILES string of the molecule is COc1cc(C(C)NC(=O)c2csc(CN)n2)ccc1OC1CCCC1. The average Bonchev–Trinajstić information content (AvgIpc) is 3.33. The molecule has 2 aromatic rings. The molecule has 3 N–H and O–H groups in total. The first-order valence-electron chi connectivity index (χ1n) is 8.90. The van der Waals surface area contributed by atoms with E-state index in [-0.39, 0.29) is 18.1 Å². The van der Waals surface area contributed by atoms with Crippen LogP contribution >= 0.6 is 11.3 Å². The van der Waals surface area contributed by atoms with Crippen molar-refractivity contribution in [3.8, 4) is 11.5 Å². The second kappa shape index (κ2) is 8.51. The summed E-state index contributed by atoms with van der Waals surface area (Å²) in [4.78, 5) is 16.6. The quantitative estimate of drug-likeness (QED) is 0.774. The van der Waals surface area contributed by atoms with Gasteiger partial charge in [-0.1, -0.05) is 6.07 Å². The minimum absolute atomic E-state index is 0.181. The van der Waals surface area contributed by atoms with Crippen LogP contribution in [0.3, 0.4) is 0 Å². The van der Waals surface area contributed by atoms with Crippen molar-refractivity contribution in [2.45, 2.75) is 51.3 Å². The lowest BCUT2D eigenvalue weighted by Crippen LogP contribution is -2.27. The van der Waals surface area contributed by atoms with E-state index in [1.807, 2.05) is 25.1 Å². The highest BCUT2D eigenvalue weighted by Gasteiger charge is 2.20. The zero-order valence-electron chi connectivity index (χ0n) is 15.2. The molecular weight excluding hydrogens is 350 g/mol. The summed E-state index contributed by atoms with van der Waals surface area (Å²) < 4.78 is 11.6. The Hall–Kier alpha value is -2.12. The van der Waals surface area contributed by atoms with E-state index in [9.17, 15) is 4.79 Å². The van der Waals surface area contributed by atoms with E-state index in [1.165, 1.54) is 24.2 Å². The molecule has 1 atom stereocenters. The molecule has 1 heterocycles. The molecule has 1 aliphatic rings. The van der Waals surface area contributed by atoms with Crippen LogP contribution in [0, 0.1) is 0 Å². The average molecular weight is 375 g/mol. The van der Waals surface area contributed by atoms with Crippen LogP contribution in [0.2, 0.25) is 0 Å². The molecule has 0 spiro atoms. The monoisotopic (exact) mass is 375 g/mol. The number of amides is 1. The standard InChI is InChI=1S/C19H25N3O3S/c1-12(21-19(23)15-11-26-18(10-20)22-15)13-7-8-16(17(9-13)24-2)25-14-5-3-4-6-14/h7-9,11-12,14H,3-6,10,20H2,1-2H3,(H,21,23). The van der Waals surface area contributed by atoms with Crippen LogP contribution in [-0.2, 0) is 6.54 Å². The zero-order chi connectivity index (χ0) is 18.5. The minimum Gasteiger partial charge on any atom is -0.493 e. The summed E-state index contributed by atoms with van der Waals surface area (Å²) in [6.45, 7) is 2.27. The van der Waals surface area contributed by atoms with Gasteiger partial charge in [-0.25, -0.2) is 4.98 Å². The molecule has 0 aliphatic heterocycles. The molecule has 0 saturated heterocycles. The number of nitrogens with one attached hydrogen (secondary N) is 1. The van der Waals surface area contributed by atoms with Crippen molar-refractivity contribution in [3.05, 3.63) is 39.8 Å². The molecule has 1 amide bonds. The predicted octanol–water partition coefficient (Wildman–Crippen LogP) is 3.42. The topological polar surface area (TPSA) is 86.5 Å². The maximum atomic E-state index is 12.3. The summed E-state index contributed by atoms with van der Waals surface area (Å²) in [5.41, 5.74) is 6.90. The highest BCUT2D eigenvalue weighted by Crippen LogP contribution is 2.33. The van der Waals surface area contributed by atoms with E-state index in [0.29, 0.717) is 18.0 Å². The Morgan fingerprint density at radius 1 is 1.38 bits per heavy atom. The van der Waals surface area contributed by atoms with Gasteiger partial charge in [0.05, 0.1) is 19.3 Å². The van der Waals surface area contributed by atoms with Gasteiger partial charge in [0.15, 0.2) is 11.5 Å². The Bertz CT molecular complexity index is 756. The van der Waals surface area contributed by atoms with Crippen molar-refractivity contribution >= 4 is 17.2 Å². The van der Waals surface area contributed by atoms with Crippen LogP contribution in [0.5, 0.6) is 11.5 Å². The third kappa shape index (κ3) is 4.34. The molecular formula is C19H25N3O3S. The molecule has 3 rings (SSSR count). The summed E-state index contributed by atoms with van der Waals surface area (Å²) >= 11 is 1.39. The maximum absolute atomic E-state index is 12.3. The molecule has 6 nitrogen and oxygen atoms in total. The van der Waals surface area contributed by atoms with Crippen LogP contribution < -0.4 is 20.5 Å². The Kier molecular flexibility index (Phi) is 6.11. The third-order valence-corrected chi connectivity index (χ3v) is 5.46. The van der Waals surface area contributed by atoms with Crippen LogP contribution in [0.25, 0.3) is 0 Å². The fourth-order valence-electron chi connectivity index (χ4n) is 3.10. The molecule has 1 unspecified atom stereocenters. The molecule has 1 aliphatic carbocycles. The summed E-state index contributed by atoms with van der Waals surface area (Å²) in [6, 6.07) is 5.62. The number of ether oxygens (including phenoxy) is 2. The molecule has 140 valence electrons. The highest BCUT2D eigenvalue weighted by atomic mass is 32.1. The fourth-order valence-corrected chi connectivity index (χ4v) is 3.75. The molecule has 1 fully saturated rings. The summed E-state index contributed by atoms with van der Waals surface area (Å²) in [5, 5.41) is 5.44. The summed E-state index contributed by atoms with van der Waals surface area (Å²) in [5.74, 6) is 1.24. The van der Waals surface area contributed by atoms with Gasteiger partial charge < -0.3 is 20.5 Å². The first-order valence-corrected chi connectivity index (χ1v) is 9.78. The van der Waals surface area contributed by atoms with Crippen molar-refractivity contribution in [2.24, 2.45) is 5.73 Å². The molecule has 0 bridgehead atoms. The highest BCUT2D eigenvalue weighted by molar-refractivity contribution is 7.09. The number of carbonyl (C=O) groups excluding carboxylic acids is 1. The van der Waals surface area contributed by atoms with Crippen molar-refractivity contribution in [1.82, 2.24) is 10.3 Å². The van der Waals surface area contributed by atoms with Crippen molar-refractivity contribution in [3.63, 3.8) is 0 Å². The zero-order valence-corrected chi connectivity index (χ0v) is 16.0. The van der Waals surface area contributed by atoms with Crippen molar-refractivity contribution in [1.29, 1.82) is 0 Å². The second-order valence-electron chi connectivity index (χ2n) is 6.46. The number of aromatic nitrogens is 1. The number of carbonyl (C=O) groups is 1. The van der Waals surface area contributed by atoms with Gasteiger partial charge in [-0.15, -0.1) is 11.3 Å². The van der Waals surface area contributed by atoms with Crippen molar-refractivity contribution in [2.75, 3.05) is 7.11 Å². The third-order valence-electron chi connectivity index (χ3n) is 4.59. The fraction of sp³-hybridized carbons (Fsp3) is 0.474. The second-order valence-corrected chi connectivity index (χ2v) is 7.40. The predicted molar refractivity (Wildman–Crippen MR) is 102 cm³/mol. The summed E-state index contributed by atoms with van der Waals surface area (Å²) in [6.07, 6.45) is 4.90. The van der Waals surface area contributed by atoms with E-state index < -0.39 is 0 Å². The summed E-state index contributed by atoms with van der Waals surface area (Å²) in [7, 11) is 1.63. The van der Waals surface area contributed by atoms with Gasteiger partial charge in [0.1, 0.15) is 10.7 Å². The number of nitrogens with two attached hydrogens (primary N) is 1. The van der Waals surface area contributed by atoms with E-state index in [2.05, 4.69) is 10.3 Å². The largest absolute Gasteiger partial charge is 0.493 e. The van der Waals surface area contributed by atoms with Crippen LogP contribution in [0.1, 0.15) is 59.7 Å². The van der Waals surface area contributed by atoms with E-state index in [0.717, 1.165) is 29.2 Å². The minimum atomic E-state index is -0.210. The lowest BCUT2D eigenvalue weighted by molar-refractivity contribution is 0.0935. The van der Waals surface area contributed by atoms with E-state index >= 15 is 0 Å². The molecule has 1 saturated carbocycles. The van der Waals surface area contributed by atoms with Crippen molar-refractivity contribution < 1.29 is 14.3 Å². The molecule has 0 radical (unpaired) electrons. The van der Waals surface area contributed by atoms with Gasteiger partial charge in [0.2, 0.25) is 0 Å². The lowest BCUT2D eigenvalue weighted by atomic mass is 10.1. The van der Waals surface area contributed by atoms with E-state index in [1.54, 1.807) is 12.5 Å². The number of benzene rings is 1. The number of rotatable bonds is 7. The Balaban J connectivity index is 1.68. The maximum Gasteiger partial charge on any atom is 0.271 e. The normalized spacial score (nSPS) is 15.7. The number of nitrogens with zero attached hydrogens (tertiary/aromatic N) is 1. The Labute approximate surface area is 157 Å². The van der Waals surface area contributed by atoms with Crippen LogP contribution in [-0.4, -0.2) is 24.1 Å². The van der Waals surface area contributed by atoms with Gasteiger partial charge >= 0.3 is 0 Å². The number of hydrogen-bond donors (Lipinski definition) is 2. The van der Waals surface area contributed by atoms with Gasteiger partial charge in [-0.2, -0.15) is 0 Å². The number of thiazole rings is 1. The van der Waals surface area contributed by atoms with E-state index in [4.69, 9.17) is 15.2 Å². The molecule has 7 heteroatoms. The first-order chi connectivity index (χ1) is 12.6. The number of methoxy groups -OCH3 is 1. The van der Waals surface area contributed by atoms with Gasteiger partial charge in [0.25, 0.3) is 5.91 Å². The first kappa shape index (κ1) is 18.7. The smallest absolute Gasteiger partial charge is 0.271 e. The molecule has 26 heavy (non-hydrogen) atoms. The number of hydrogen-bond acceptors (Lipinski definition) is 6. The van der Waals surface area contributed by atoms with Crippen LogP contribution in [0.4, 0.5) is 0 Å². The lowest BCUT2D eigenvalue weighted by Gasteiger charge is -2.19. The van der Waals surface area contributed by atoms with Gasteiger partial charge in [-0.05, 0) is 50.3 Å². The van der Waals surface area contributed by atoms with Crippen LogP contribution in [0.15, 0.2) is 23.6 Å². The Morgan fingerprint density at radius 2 is 2.15 bits per heavy atom. The Morgan fingerprint density at radius 3 is 2.81 bits per heavy atom. The molecule has 1 aromatic carbocycles. The van der Waals surface area contributed by atoms with Gasteiger partial charge in [-0.3, -0.25) is 4.79 Å².